The first-order valence-corrected chi connectivity index (χ1v) is 6.73. The lowest BCUT2D eigenvalue weighted by Crippen LogP contribution is -3.09. The molecule has 0 saturated heterocycles. The molecular formula is C14H22ClN2O2+. The summed E-state index contributed by atoms with van der Waals surface area (Å²) in [7, 11) is 3.60. The first-order chi connectivity index (χ1) is 8.92. The van der Waals surface area contributed by atoms with Gasteiger partial charge in [0.15, 0.2) is 6.54 Å². The lowest BCUT2D eigenvalue weighted by atomic mass is 10.2. The second-order valence-corrected chi connectivity index (χ2v) is 5.43. The van der Waals surface area contributed by atoms with Crippen molar-refractivity contribution in [1.82, 2.24) is 5.32 Å². The van der Waals surface area contributed by atoms with Gasteiger partial charge >= 0.3 is 0 Å². The second kappa shape index (κ2) is 7.36. The fraction of sp³-hybridized carbons (Fsp3) is 0.500. The van der Waals surface area contributed by atoms with Crippen LogP contribution in [-0.2, 0) is 11.3 Å². The Morgan fingerprint density at radius 1 is 1.47 bits per heavy atom. The van der Waals surface area contributed by atoms with Gasteiger partial charge in [0, 0.05) is 16.6 Å². The zero-order chi connectivity index (χ0) is 14.4. The van der Waals surface area contributed by atoms with Crippen LogP contribution in [0.25, 0.3) is 0 Å². The standard InChI is InChI=1S/C14H21ClN2O2/c1-10(2)16-14(18)9-17(3)8-11-7-12(15)5-6-13(11)19-4/h5-7,10H,8-9H2,1-4H3,(H,16,18)/p+1. The number of rotatable bonds is 6. The van der Waals surface area contributed by atoms with E-state index >= 15 is 0 Å². The Morgan fingerprint density at radius 3 is 2.74 bits per heavy atom. The maximum Gasteiger partial charge on any atom is 0.275 e. The van der Waals surface area contributed by atoms with Crippen molar-refractivity contribution in [2.75, 3.05) is 20.7 Å². The van der Waals surface area contributed by atoms with Crippen LogP contribution in [0.1, 0.15) is 19.4 Å². The molecular weight excluding hydrogens is 264 g/mol. The fourth-order valence-electron chi connectivity index (χ4n) is 1.92. The number of quaternary nitrogens is 1. The van der Waals surface area contributed by atoms with E-state index in [0.717, 1.165) is 16.2 Å². The number of hydrogen-bond donors (Lipinski definition) is 2. The summed E-state index contributed by atoms with van der Waals surface area (Å²) in [6, 6.07) is 5.69. The molecule has 1 atom stereocenters. The molecule has 1 unspecified atom stereocenters. The highest BCUT2D eigenvalue weighted by atomic mass is 35.5. The van der Waals surface area contributed by atoms with E-state index in [9.17, 15) is 4.79 Å². The van der Waals surface area contributed by atoms with Gasteiger partial charge in [-0.3, -0.25) is 4.79 Å². The number of nitrogens with one attached hydrogen (secondary N) is 2. The lowest BCUT2D eigenvalue weighted by Gasteiger charge is -2.16. The zero-order valence-corrected chi connectivity index (χ0v) is 12.7. The molecule has 1 amide bonds. The van der Waals surface area contributed by atoms with E-state index in [2.05, 4.69) is 5.32 Å². The Kier molecular flexibility index (Phi) is 6.12. The van der Waals surface area contributed by atoms with Gasteiger partial charge in [0.05, 0.1) is 14.2 Å². The van der Waals surface area contributed by atoms with Crippen LogP contribution in [0.3, 0.4) is 0 Å². The van der Waals surface area contributed by atoms with Gasteiger partial charge in [-0.15, -0.1) is 0 Å². The van der Waals surface area contributed by atoms with Crippen LogP contribution in [0.5, 0.6) is 5.75 Å². The van der Waals surface area contributed by atoms with Crippen molar-refractivity contribution in [1.29, 1.82) is 0 Å². The number of carbonyl (C=O) groups excluding carboxylic acids is 1. The van der Waals surface area contributed by atoms with Crippen molar-refractivity contribution < 1.29 is 14.4 Å². The number of ether oxygens (including phenoxy) is 1. The summed E-state index contributed by atoms with van der Waals surface area (Å²) < 4.78 is 5.30. The summed E-state index contributed by atoms with van der Waals surface area (Å²) in [5.74, 6) is 0.849. The average Bonchev–Trinajstić information content (AvgIpc) is 2.27. The number of halogens is 1. The smallest absolute Gasteiger partial charge is 0.275 e. The molecule has 0 spiro atoms. The molecule has 1 aromatic rings. The molecule has 0 radical (unpaired) electrons. The zero-order valence-electron chi connectivity index (χ0n) is 11.9. The Hall–Kier alpha value is -1.26. The molecule has 4 nitrogen and oxygen atoms in total. The second-order valence-electron chi connectivity index (χ2n) is 4.99. The summed E-state index contributed by atoms with van der Waals surface area (Å²) in [6.45, 7) is 5.02. The molecule has 0 aromatic heterocycles. The van der Waals surface area contributed by atoms with Gasteiger partial charge in [0.25, 0.3) is 5.91 Å². The molecule has 1 rings (SSSR count). The van der Waals surface area contributed by atoms with E-state index in [1.165, 1.54) is 0 Å². The molecule has 1 aromatic carbocycles. The van der Waals surface area contributed by atoms with E-state index in [-0.39, 0.29) is 11.9 Å². The SMILES string of the molecule is COc1ccc(Cl)cc1C[NH+](C)CC(=O)NC(C)C. The highest BCUT2D eigenvalue weighted by Crippen LogP contribution is 2.21. The third kappa shape index (κ3) is 5.49. The first kappa shape index (κ1) is 15.8. The van der Waals surface area contributed by atoms with Gasteiger partial charge in [0.2, 0.25) is 0 Å². The van der Waals surface area contributed by atoms with Crippen molar-refractivity contribution in [3.8, 4) is 5.75 Å². The summed E-state index contributed by atoms with van der Waals surface area (Å²) in [6.07, 6.45) is 0. The third-order valence-corrected chi connectivity index (χ3v) is 2.88. The van der Waals surface area contributed by atoms with Crippen LogP contribution < -0.4 is 15.0 Å². The first-order valence-electron chi connectivity index (χ1n) is 6.35. The molecule has 19 heavy (non-hydrogen) atoms. The Balaban J connectivity index is 2.63. The number of hydrogen-bond acceptors (Lipinski definition) is 2. The van der Waals surface area contributed by atoms with Crippen molar-refractivity contribution in [3.05, 3.63) is 28.8 Å². The van der Waals surface area contributed by atoms with E-state index in [0.29, 0.717) is 18.1 Å². The van der Waals surface area contributed by atoms with Gasteiger partial charge in [0.1, 0.15) is 12.3 Å². The Morgan fingerprint density at radius 2 is 2.16 bits per heavy atom. The number of benzene rings is 1. The number of methoxy groups -OCH3 is 1. The largest absolute Gasteiger partial charge is 0.496 e. The molecule has 2 N–H and O–H groups in total. The minimum absolute atomic E-state index is 0.0495. The number of amides is 1. The van der Waals surface area contributed by atoms with E-state index in [1.807, 2.05) is 33.0 Å². The van der Waals surface area contributed by atoms with Gasteiger partial charge < -0.3 is 15.0 Å². The Labute approximate surface area is 119 Å². The van der Waals surface area contributed by atoms with Gasteiger partial charge in [-0.2, -0.15) is 0 Å². The van der Waals surface area contributed by atoms with Crippen LogP contribution in [0, 0.1) is 0 Å². The molecule has 0 heterocycles. The molecule has 0 fully saturated rings. The average molecular weight is 286 g/mol. The van der Waals surface area contributed by atoms with Crippen molar-refractivity contribution in [2.45, 2.75) is 26.4 Å². The van der Waals surface area contributed by atoms with Crippen LogP contribution in [0.4, 0.5) is 0 Å². The van der Waals surface area contributed by atoms with Gasteiger partial charge in [-0.25, -0.2) is 0 Å². The molecule has 0 aliphatic carbocycles. The highest BCUT2D eigenvalue weighted by Gasteiger charge is 2.14. The third-order valence-electron chi connectivity index (χ3n) is 2.65. The molecule has 106 valence electrons. The lowest BCUT2D eigenvalue weighted by molar-refractivity contribution is -0.885. The molecule has 5 heteroatoms. The van der Waals surface area contributed by atoms with E-state index in [1.54, 1.807) is 13.2 Å². The van der Waals surface area contributed by atoms with E-state index in [4.69, 9.17) is 16.3 Å². The minimum Gasteiger partial charge on any atom is -0.496 e. The predicted octanol–water partition coefficient (Wildman–Crippen LogP) is 0.888. The molecule has 0 aliphatic heterocycles. The van der Waals surface area contributed by atoms with Gasteiger partial charge in [-0.1, -0.05) is 11.6 Å². The van der Waals surface area contributed by atoms with Crippen LogP contribution in [0.2, 0.25) is 5.02 Å². The quantitative estimate of drug-likeness (QED) is 0.815. The number of carbonyl (C=O) groups is 1. The van der Waals surface area contributed by atoms with Crippen molar-refractivity contribution >= 4 is 17.5 Å². The van der Waals surface area contributed by atoms with E-state index < -0.39 is 0 Å². The summed E-state index contributed by atoms with van der Waals surface area (Å²) in [5, 5.41) is 3.56. The summed E-state index contributed by atoms with van der Waals surface area (Å²) in [5.41, 5.74) is 1.00. The molecule has 0 saturated carbocycles. The normalized spacial score (nSPS) is 12.3. The monoisotopic (exact) mass is 285 g/mol. The molecule has 0 bridgehead atoms. The highest BCUT2D eigenvalue weighted by molar-refractivity contribution is 6.30. The van der Waals surface area contributed by atoms with Crippen LogP contribution in [0.15, 0.2) is 18.2 Å². The summed E-state index contributed by atoms with van der Waals surface area (Å²) in [4.78, 5) is 12.8. The minimum atomic E-state index is 0.0495. The summed E-state index contributed by atoms with van der Waals surface area (Å²) >= 11 is 5.99. The van der Waals surface area contributed by atoms with Crippen LogP contribution >= 0.6 is 11.6 Å². The van der Waals surface area contributed by atoms with Crippen LogP contribution in [-0.4, -0.2) is 32.7 Å². The van der Waals surface area contributed by atoms with Crippen molar-refractivity contribution in [2.24, 2.45) is 0 Å². The Bertz CT molecular complexity index is 435. The molecule has 0 aliphatic rings. The maximum absolute atomic E-state index is 11.7. The van der Waals surface area contributed by atoms with Crippen molar-refractivity contribution in [3.63, 3.8) is 0 Å². The topological polar surface area (TPSA) is 42.8 Å². The maximum atomic E-state index is 11.7. The fourth-order valence-corrected chi connectivity index (χ4v) is 2.11. The number of likely N-dealkylation sites (N-methyl/N-ethyl adjacent to an activating group) is 1. The predicted molar refractivity (Wildman–Crippen MR) is 76.7 cm³/mol. The van der Waals surface area contributed by atoms with Gasteiger partial charge in [-0.05, 0) is 32.0 Å².